The molecule has 0 N–H and O–H groups in total. The molecular weight excluding hydrogens is 346 g/mol. The van der Waals surface area contributed by atoms with Crippen LogP contribution < -0.4 is 0 Å². The zero-order valence-electron chi connectivity index (χ0n) is 14.8. The molecular formula is C21H19NO5. The molecule has 6 nitrogen and oxygen atoms in total. The number of allylic oxidation sites excluding steroid dienone is 2. The molecule has 0 radical (unpaired) electrons. The molecule has 6 heteroatoms. The number of hydrogen-bond acceptors (Lipinski definition) is 5. The minimum absolute atomic E-state index is 0.0348. The van der Waals surface area contributed by atoms with Crippen molar-refractivity contribution in [1.82, 2.24) is 0 Å². The van der Waals surface area contributed by atoms with Gasteiger partial charge in [-0.2, -0.15) is 0 Å². The van der Waals surface area contributed by atoms with Crippen LogP contribution in [-0.2, 0) is 14.3 Å². The first-order chi connectivity index (χ1) is 13.0. The lowest BCUT2D eigenvalue weighted by atomic mass is 9.73. The van der Waals surface area contributed by atoms with Gasteiger partial charge in [-0.25, -0.2) is 0 Å². The van der Waals surface area contributed by atoms with Crippen molar-refractivity contribution in [3.05, 3.63) is 81.9 Å². The first kappa shape index (κ1) is 18.5. The standard InChI is InChI=1S/C21H19NO5/c1-2-27-21(24)20-18(15-8-10-17(11-9-15)22(25)26)12-16(13-19(20)23)14-6-4-3-5-7-14/h3-11,13,18,20H,2,12H2,1H3. The number of esters is 1. The van der Waals surface area contributed by atoms with Gasteiger partial charge in [0.05, 0.1) is 11.5 Å². The average molecular weight is 365 g/mol. The molecule has 2 unspecified atom stereocenters. The lowest BCUT2D eigenvalue weighted by Crippen LogP contribution is -2.34. The van der Waals surface area contributed by atoms with Crippen LogP contribution in [0.3, 0.4) is 0 Å². The number of ketones is 1. The summed E-state index contributed by atoms with van der Waals surface area (Å²) in [6.07, 6.45) is 1.98. The van der Waals surface area contributed by atoms with Gasteiger partial charge in [-0.1, -0.05) is 42.5 Å². The summed E-state index contributed by atoms with van der Waals surface area (Å²) >= 11 is 0. The Kier molecular flexibility index (Phi) is 5.45. The molecule has 0 heterocycles. The number of carbonyl (C=O) groups is 2. The second kappa shape index (κ2) is 7.95. The van der Waals surface area contributed by atoms with Gasteiger partial charge >= 0.3 is 5.97 Å². The minimum Gasteiger partial charge on any atom is -0.465 e. The predicted molar refractivity (Wildman–Crippen MR) is 100 cm³/mol. The van der Waals surface area contributed by atoms with Crippen molar-refractivity contribution in [3.63, 3.8) is 0 Å². The molecule has 0 aromatic heterocycles. The Hall–Kier alpha value is -3.28. The molecule has 1 aliphatic rings. The van der Waals surface area contributed by atoms with Gasteiger partial charge in [-0.05, 0) is 36.1 Å². The van der Waals surface area contributed by atoms with Crippen LogP contribution >= 0.6 is 0 Å². The lowest BCUT2D eigenvalue weighted by Gasteiger charge is -2.29. The van der Waals surface area contributed by atoms with Gasteiger partial charge in [0.25, 0.3) is 5.69 Å². The summed E-state index contributed by atoms with van der Waals surface area (Å²) in [4.78, 5) is 35.6. The molecule has 2 aromatic carbocycles. The van der Waals surface area contributed by atoms with Crippen LogP contribution in [0, 0.1) is 16.0 Å². The molecule has 0 amide bonds. The Labute approximate surface area is 156 Å². The summed E-state index contributed by atoms with van der Waals surface area (Å²) in [6.45, 7) is 1.88. The Morgan fingerprint density at radius 1 is 1.15 bits per heavy atom. The van der Waals surface area contributed by atoms with Crippen LogP contribution in [-0.4, -0.2) is 23.3 Å². The van der Waals surface area contributed by atoms with Gasteiger partial charge in [0.1, 0.15) is 5.92 Å². The monoisotopic (exact) mass is 365 g/mol. The molecule has 0 fully saturated rings. The molecule has 2 aromatic rings. The van der Waals surface area contributed by atoms with E-state index in [4.69, 9.17) is 4.74 Å². The second-order valence-electron chi connectivity index (χ2n) is 6.33. The lowest BCUT2D eigenvalue weighted by molar-refractivity contribution is -0.384. The van der Waals surface area contributed by atoms with Gasteiger partial charge in [-0.15, -0.1) is 0 Å². The predicted octanol–water partition coefficient (Wildman–Crippen LogP) is 3.91. The van der Waals surface area contributed by atoms with Crippen LogP contribution in [0.1, 0.15) is 30.4 Å². The topological polar surface area (TPSA) is 86.5 Å². The van der Waals surface area contributed by atoms with Gasteiger partial charge in [-0.3, -0.25) is 19.7 Å². The highest BCUT2D eigenvalue weighted by molar-refractivity contribution is 6.10. The van der Waals surface area contributed by atoms with E-state index in [1.807, 2.05) is 30.3 Å². The maximum absolute atomic E-state index is 12.8. The van der Waals surface area contributed by atoms with E-state index in [1.165, 1.54) is 18.2 Å². The van der Waals surface area contributed by atoms with Gasteiger partial charge in [0.2, 0.25) is 0 Å². The Bertz CT molecular complexity index is 887. The Balaban J connectivity index is 2.00. The summed E-state index contributed by atoms with van der Waals surface area (Å²) in [7, 11) is 0. The van der Waals surface area contributed by atoms with E-state index in [2.05, 4.69) is 0 Å². The van der Waals surface area contributed by atoms with Crippen molar-refractivity contribution in [2.24, 2.45) is 5.92 Å². The third kappa shape index (κ3) is 3.95. The fourth-order valence-electron chi connectivity index (χ4n) is 3.39. The summed E-state index contributed by atoms with van der Waals surface area (Å²) in [6, 6.07) is 15.5. The van der Waals surface area contributed by atoms with E-state index < -0.39 is 22.7 Å². The molecule has 0 saturated carbocycles. The number of nitro groups is 1. The van der Waals surface area contributed by atoms with Crippen molar-refractivity contribution in [2.45, 2.75) is 19.3 Å². The number of nitrogens with zero attached hydrogens (tertiary/aromatic N) is 1. The molecule has 0 spiro atoms. The number of nitro benzene ring substituents is 1. The van der Waals surface area contributed by atoms with E-state index in [0.717, 1.165) is 11.1 Å². The Morgan fingerprint density at radius 3 is 2.41 bits per heavy atom. The van der Waals surface area contributed by atoms with E-state index in [1.54, 1.807) is 19.1 Å². The quantitative estimate of drug-likeness (QED) is 0.347. The number of carbonyl (C=O) groups excluding carboxylic acids is 2. The van der Waals surface area contributed by atoms with Crippen LogP contribution in [0.15, 0.2) is 60.7 Å². The van der Waals surface area contributed by atoms with Gasteiger partial charge in [0, 0.05) is 18.1 Å². The van der Waals surface area contributed by atoms with Crippen molar-refractivity contribution in [1.29, 1.82) is 0 Å². The van der Waals surface area contributed by atoms with E-state index in [-0.39, 0.29) is 18.1 Å². The van der Waals surface area contributed by atoms with Crippen molar-refractivity contribution < 1.29 is 19.2 Å². The van der Waals surface area contributed by atoms with Crippen molar-refractivity contribution in [2.75, 3.05) is 6.61 Å². The maximum atomic E-state index is 12.8. The summed E-state index contributed by atoms with van der Waals surface area (Å²) in [5, 5.41) is 10.9. The van der Waals surface area contributed by atoms with Crippen LogP contribution in [0.5, 0.6) is 0 Å². The van der Waals surface area contributed by atoms with Crippen LogP contribution in [0.25, 0.3) is 5.57 Å². The van der Waals surface area contributed by atoms with E-state index in [9.17, 15) is 19.7 Å². The first-order valence-electron chi connectivity index (χ1n) is 8.72. The Morgan fingerprint density at radius 2 is 1.81 bits per heavy atom. The summed E-state index contributed by atoms with van der Waals surface area (Å²) < 4.78 is 5.11. The smallest absolute Gasteiger partial charge is 0.317 e. The van der Waals surface area contributed by atoms with Crippen molar-refractivity contribution >= 4 is 23.0 Å². The highest BCUT2D eigenvalue weighted by Crippen LogP contribution is 2.40. The van der Waals surface area contributed by atoms with Crippen molar-refractivity contribution in [3.8, 4) is 0 Å². The molecule has 0 saturated heterocycles. The van der Waals surface area contributed by atoms with Gasteiger partial charge in [0.15, 0.2) is 5.78 Å². The second-order valence-corrected chi connectivity index (χ2v) is 6.33. The third-order valence-electron chi connectivity index (χ3n) is 4.68. The highest BCUT2D eigenvalue weighted by Gasteiger charge is 2.39. The normalized spacial score (nSPS) is 19.3. The number of non-ortho nitro benzene ring substituents is 1. The molecule has 138 valence electrons. The largest absolute Gasteiger partial charge is 0.465 e. The number of hydrogen-bond donors (Lipinski definition) is 0. The average Bonchev–Trinajstić information content (AvgIpc) is 2.68. The minimum atomic E-state index is -0.945. The number of rotatable bonds is 5. The molecule has 27 heavy (non-hydrogen) atoms. The van der Waals surface area contributed by atoms with Crippen LogP contribution in [0.4, 0.5) is 5.69 Å². The summed E-state index contributed by atoms with van der Waals surface area (Å²) in [5.74, 6) is -2.24. The molecule has 2 atom stereocenters. The number of benzene rings is 2. The SMILES string of the molecule is CCOC(=O)C1C(=O)C=C(c2ccccc2)CC1c1ccc([N+](=O)[O-])cc1. The first-order valence-corrected chi connectivity index (χ1v) is 8.72. The van der Waals surface area contributed by atoms with E-state index in [0.29, 0.717) is 12.0 Å². The highest BCUT2D eigenvalue weighted by atomic mass is 16.6. The molecule has 1 aliphatic carbocycles. The molecule has 3 rings (SSSR count). The zero-order chi connectivity index (χ0) is 19.4. The maximum Gasteiger partial charge on any atom is 0.317 e. The fourth-order valence-corrected chi connectivity index (χ4v) is 3.39. The molecule has 0 aliphatic heterocycles. The fraction of sp³-hybridized carbons (Fsp3) is 0.238. The third-order valence-corrected chi connectivity index (χ3v) is 4.68. The van der Waals surface area contributed by atoms with Crippen LogP contribution in [0.2, 0.25) is 0 Å². The zero-order valence-corrected chi connectivity index (χ0v) is 14.8. The molecule has 0 bridgehead atoms. The number of ether oxygens (including phenoxy) is 1. The summed E-state index contributed by atoms with van der Waals surface area (Å²) in [5.41, 5.74) is 2.42. The van der Waals surface area contributed by atoms with E-state index >= 15 is 0 Å². The van der Waals surface area contributed by atoms with Gasteiger partial charge < -0.3 is 4.74 Å².